The van der Waals surface area contributed by atoms with Crippen molar-refractivity contribution in [2.24, 2.45) is 0 Å². The zero-order valence-corrected chi connectivity index (χ0v) is 18.7. The molecule has 0 spiro atoms. The van der Waals surface area contributed by atoms with Crippen molar-refractivity contribution in [1.29, 1.82) is 5.41 Å². The van der Waals surface area contributed by atoms with Crippen molar-refractivity contribution >= 4 is 0 Å². The lowest BCUT2D eigenvalue weighted by Gasteiger charge is -2.29. The first kappa shape index (κ1) is 21.5. The van der Waals surface area contributed by atoms with Crippen LogP contribution in [0.1, 0.15) is 29.0 Å². The molecular formula is C25H28N4O4. The maximum Gasteiger partial charge on any atom is 0.228 e. The molecule has 1 fully saturated rings. The lowest BCUT2D eigenvalue weighted by molar-refractivity contribution is 0.0369. The number of aromatic hydroxyl groups is 1. The summed E-state index contributed by atoms with van der Waals surface area (Å²) >= 11 is 0. The first-order valence-electron chi connectivity index (χ1n) is 11.2. The van der Waals surface area contributed by atoms with Gasteiger partial charge in [0.05, 0.1) is 31.8 Å². The predicted octanol–water partition coefficient (Wildman–Crippen LogP) is 3.08. The number of phenols is 1. The molecule has 1 saturated heterocycles. The fourth-order valence-electron chi connectivity index (χ4n) is 4.64. The van der Waals surface area contributed by atoms with Crippen LogP contribution in [0.3, 0.4) is 0 Å². The molecule has 1 unspecified atom stereocenters. The quantitative estimate of drug-likeness (QED) is 0.471. The second-order valence-electron chi connectivity index (χ2n) is 8.31. The lowest BCUT2D eigenvalue weighted by atomic mass is 9.83. The van der Waals surface area contributed by atoms with Crippen molar-refractivity contribution in [3.05, 3.63) is 71.0 Å². The average molecular weight is 449 g/mol. The summed E-state index contributed by atoms with van der Waals surface area (Å²) in [5, 5.41) is 19.1. The topological polar surface area (TPSA) is 92.8 Å². The molecule has 8 nitrogen and oxygen atoms in total. The van der Waals surface area contributed by atoms with Crippen LogP contribution in [0.2, 0.25) is 0 Å². The molecule has 0 bridgehead atoms. The normalized spacial score (nSPS) is 17.7. The van der Waals surface area contributed by atoms with Crippen molar-refractivity contribution in [3.63, 3.8) is 0 Å². The summed E-state index contributed by atoms with van der Waals surface area (Å²) in [5.41, 5.74) is 2.87. The first-order valence-corrected chi connectivity index (χ1v) is 11.2. The van der Waals surface area contributed by atoms with E-state index < -0.39 is 0 Å². The first-order chi connectivity index (χ1) is 16.2. The van der Waals surface area contributed by atoms with Crippen LogP contribution in [-0.2, 0) is 11.3 Å². The Bertz CT molecular complexity index is 1200. The monoisotopic (exact) mass is 448 g/mol. The molecular weight excluding hydrogens is 420 g/mol. The van der Waals surface area contributed by atoms with Gasteiger partial charge >= 0.3 is 0 Å². The van der Waals surface area contributed by atoms with Gasteiger partial charge < -0.3 is 23.9 Å². The fourth-order valence-corrected chi connectivity index (χ4v) is 4.64. The van der Waals surface area contributed by atoms with Crippen LogP contribution < -0.4 is 15.0 Å². The zero-order chi connectivity index (χ0) is 22.8. The highest BCUT2D eigenvalue weighted by molar-refractivity contribution is 5.59. The van der Waals surface area contributed by atoms with Crippen LogP contribution in [0.4, 0.5) is 0 Å². The van der Waals surface area contributed by atoms with E-state index in [0.29, 0.717) is 29.2 Å². The van der Waals surface area contributed by atoms with Crippen LogP contribution >= 0.6 is 0 Å². The summed E-state index contributed by atoms with van der Waals surface area (Å²) in [4.78, 5) is 6.96. The molecule has 3 aromatic rings. The maximum atomic E-state index is 10.0. The summed E-state index contributed by atoms with van der Waals surface area (Å²) in [6, 6.07) is 12.9. The molecule has 1 aromatic heterocycles. The van der Waals surface area contributed by atoms with Gasteiger partial charge in [0.2, 0.25) is 5.88 Å². The van der Waals surface area contributed by atoms with Crippen molar-refractivity contribution < 1.29 is 19.3 Å². The van der Waals surface area contributed by atoms with Gasteiger partial charge in [0.1, 0.15) is 29.1 Å². The second kappa shape index (κ2) is 9.25. The maximum absolute atomic E-state index is 10.0. The summed E-state index contributed by atoms with van der Waals surface area (Å²) in [6.45, 7) is 5.12. The largest absolute Gasteiger partial charge is 0.508 e. The standard InChI is InChI=1S/C25H28N4O4/c1-31-20-6-3-2-5-18(20)22-19-8-7-17(30)15-21(19)33-25-23(22)24(26)29(16-27-25)10-4-9-28-11-13-32-14-12-28/h2-3,5-8,15-16,22,26,30H,4,9-14H2,1H3. The highest BCUT2D eigenvalue weighted by Crippen LogP contribution is 2.47. The van der Waals surface area contributed by atoms with Crippen LogP contribution in [0.25, 0.3) is 0 Å². The number of fused-ring (bicyclic) bond motifs is 2. The van der Waals surface area contributed by atoms with Gasteiger partial charge in [0.25, 0.3) is 0 Å². The van der Waals surface area contributed by atoms with Crippen LogP contribution in [0, 0.1) is 5.41 Å². The Kier molecular flexibility index (Phi) is 6.02. The molecule has 2 aliphatic heterocycles. The number of morpholine rings is 1. The van der Waals surface area contributed by atoms with Crippen LogP contribution in [0.5, 0.6) is 23.1 Å². The fraction of sp³-hybridized carbons (Fsp3) is 0.360. The van der Waals surface area contributed by atoms with Gasteiger partial charge in [-0.15, -0.1) is 0 Å². The molecule has 3 heterocycles. The molecule has 2 aromatic carbocycles. The molecule has 33 heavy (non-hydrogen) atoms. The molecule has 0 aliphatic carbocycles. The second-order valence-corrected chi connectivity index (χ2v) is 8.31. The molecule has 2 aliphatic rings. The third-order valence-electron chi connectivity index (χ3n) is 6.32. The summed E-state index contributed by atoms with van der Waals surface area (Å²) in [6.07, 6.45) is 2.59. The van der Waals surface area contributed by atoms with E-state index in [1.807, 2.05) is 34.9 Å². The van der Waals surface area contributed by atoms with E-state index in [2.05, 4.69) is 9.88 Å². The minimum atomic E-state index is -0.299. The van der Waals surface area contributed by atoms with Gasteiger partial charge in [-0.25, -0.2) is 4.98 Å². The van der Waals surface area contributed by atoms with Crippen molar-refractivity contribution in [2.45, 2.75) is 18.9 Å². The van der Waals surface area contributed by atoms with E-state index in [0.717, 1.165) is 56.1 Å². The minimum absolute atomic E-state index is 0.121. The number of benzene rings is 2. The van der Waals surface area contributed by atoms with E-state index in [1.165, 1.54) is 0 Å². The number of aryl methyl sites for hydroxylation is 1. The number of aromatic nitrogens is 2. The van der Waals surface area contributed by atoms with E-state index >= 15 is 0 Å². The van der Waals surface area contributed by atoms with Gasteiger partial charge in [-0.3, -0.25) is 10.3 Å². The summed E-state index contributed by atoms with van der Waals surface area (Å²) in [7, 11) is 1.65. The Morgan fingerprint density at radius 2 is 1.94 bits per heavy atom. The number of methoxy groups -OCH3 is 1. The summed E-state index contributed by atoms with van der Waals surface area (Å²) in [5.74, 6) is 1.48. The smallest absolute Gasteiger partial charge is 0.228 e. The van der Waals surface area contributed by atoms with E-state index in [9.17, 15) is 5.11 Å². The molecule has 2 N–H and O–H groups in total. The lowest BCUT2D eigenvalue weighted by Crippen LogP contribution is -2.37. The van der Waals surface area contributed by atoms with Gasteiger partial charge in [-0.2, -0.15) is 0 Å². The number of hydrogen-bond acceptors (Lipinski definition) is 7. The molecule has 0 amide bonds. The highest BCUT2D eigenvalue weighted by atomic mass is 16.5. The molecule has 1 atom stereocenters. The number of para-hydroxylation sites is 1. The molecule has 0 saturated carbocycles. The SMILES string of the molecule is COc1ccccc1C1c2ccc(O)cc2Oc2ncn(CCCN3CCOCC3)c(=N)c21. The zero-order valence-electron chi connectivity index (χ0n) is 18.7. The predicted molar refractivity (Wildman–Crippen MR) is 122 cm³/mol. The number of nitrogens with zero attached hydrogens (tertiary/aromatic N) is 3. The number of rotatable bonds is 6. The third-order valence-corrected chi connectivity index (χ3v) is 6.32. The average Bonchev–Trinajstić information content (AvgIpc) is 2.84. The number of nitrogens with one attached hydrogen (secondary N) is 1. The third kappa shape index (κ3) is 4.19. The van der Waals surface area contributed by atoms with Crippen LogP contribution in [-0.4, -0.2) is 59.5 Å². The highest BCUT2D eigenvalue weighted by Gasteiger charge is 2.33. The minimum Gasteiger partial charge on any atom is -0.508 e. The van der Waals surface area contributed by atoms with Crippen molar-refractivity contribution in [3.8, 4) is 23.1 Å². The van der Waals surface area contributed by atoms with Crippen molar-refractivity contribution in [1.82, 2.24) is 14.5 Å². The summed E-state index contributed by atoms with van der Waals surface area (Å²) < 4.78 is 19.0. The van der Waals surface area contributed by atoms with E-state index in [1.54, 1.807) is 25.6 Å². The Hall–Kier alpha value is -3.36. The molecule has 8 heteroatoms. The van der Waals surface area contributed by atoms with Gasteiger partial charge in [-0.05, 0) is 18.6 Å². The van der Waals surface area contributed by atoms with E-state index in [4.69, 9.17) is 19.6 Å². The Labute approximate surface area is 192 Å². The Balaban J connectivity index is 1.53. The number of ether oxygens (including phenoxy) is 3. The molecule has 0 radical (unpaired) electrons. The van der Waals surface area contributed by atoms with Crippen LogP contribution in [0.15, 0.2) is 48.8 Å². The van der Waals surface area contributed by atoms with Gasteiger partial charge in [-0.1, -0.05) is 24.3 Å². The Morgan fingerprint density at radius 1 is 1.12 bits per heavy atom. The number of phenolic OH excluding ortho intramolecular Hbond substituents is 1. The van der Waals surface area contributed by atoms with Crippen molar-refractivity contribution in [2.75, 3.05) is 40.0 Å². The van der Waals surface area contributed by atoms with E-state index in [-0.39, 0.29) is 11.7 Å². The Morgan fingerprint density at radius 3 is 2.76 bits per heavy atom. The molecule has 172 valence electrons. The number of hydrogen-bond donors (Lipinski definition) is 2. The van der Waals surface area contributed by atoms with Gasteiger partial charge in [0, 0.05) is 43.4 Å². The molecule has 5 rings (SSSR count). The van der Waals surface area contributed by atoms with Gasteiger partial charge in [0.15, 0.2) is 0 Å².